The van der Waals surface area contributed by atoms with Crippen molar-refractivity contribution < 1.29 is 9.53 Å². The standard InChI is InChI=1S/C23H34N4O2/c1-29-22(28)19-15-24-16-23(19)13-18(14-23)26-11-7-17(8-12-26)20-5-4-10-27(20)21-6-2-3-9-25-21/h2-3,6,9,17-20,24H,4-5,7-8,10-16H2,1H3/t18?,19?,20-,23?/m0/s1. The zero-order chi connectivity index (χ0) is 19.8. The lowest BCUT2D eigenvalue weighted by atomic mass is 9.59. The van der Waals surface area contributed by atoms with Gasteiger partial charge in [-0.15, -0.1) is 0 Å². The molecule has 0 aromatic carbocycles. The predicted octanol–water partition coefficient (Wildman–Crippen LogP) is 2.30. The summed E-state index contributed by atoms with van der Waals surface area (Å²) in [4.78, 5) is 22.0. The van der Waals surface area contributed by atoms with E-state index in [1.807, 2.05) is 12.3 Å². The minimum atomic E-state index is -0.0250. The minimum absolute atomic E-state index is 0.0250. The monoisotopic (exact) mass is 398 g/mol. The molecular weight excluding hydrogens is 364 g/mol. The van der Waals surface area contributed by atoms with Gasteiger partial charge >= 0.3 is 5.97 Å². The van der Waals surface area contributed by atoms with E-state index in [2.05, 4.69) is 32.2 Å². The number of nitrogens with zero attached hydrogens (tertiary/aromatic N) is 3. The Hall–Kier alpha value is -1.66. The number of nitrogens with one attached hydrogen (secondary N) is 1. The molecule has 1 unspecified atom stereocenters. The topological polar surface area (TPSA) is 57.7 Å². The summed E-state index contributed by atoms with van der Waals surface area (Å²) < 4.78 is 5.06. The number of pyridine rings is 1. The van der Waals surface area contributed by atoms with Crippen molar-refractivity contribution in [3.63, 3.8) is 0 Å². The van der Waals surface area contributed by atoms with Gasteiger partial charge in [0.1, 0.15) is 5.82 Å². The molecule has 158 valence electrons. The van der Waals surface area contributed by atoms with Crippen molar-refractivity contribution in [2.45, 2.75) is 50.6 Å². The normalized spacial score (nSPS) is 35.8. The molecule has 6 nitrogen and oxygen atoms in total. The molecular formula is C23H34N4O2. The number of methoxy groups -OCH3 is 1. The van der Waals surface area contributed by atoms with Crippen LogP contribution in [0.1, 0.15) is 38.5 Å². The van der Waals surface area contributed by atoms with Gasteiger partial charge in [-0.25, -0.2) is 4.98 Å². The number of carbonyl (C=O) groups is 1. The molecule has 0 amide bonds. The second-order valence-corrected chi connectivity index (χ2v) is 9.60. The van der Waals surface area contributed by atoms with Crippen molar-refractivity contribution in [1.82, 2.24) is 15.2 Å². The van der Waals surface area contributed by atoms with Crippen molar-refractivity contribution in [2.24, 2.45) is 17.3 Å². The van der Waals surface area contributed by atoms with E-state index in [1.165, 1.54) is 45.9 Å². The summed E-state index contributed by atoms with van der Waals surface area (Å²) in [7, 11) is 1.52. The number of carbonyl (C=O) groups excluding carboxylic acids is 1. The van der Waals surface area contributed by atoms with E-state index in [-0.39, 0.29) is 17.3 Å². The number of anilines is 1. The molecule has 4 aliphatic rings. The van der Waals surface area contributed by atoms with Crippen LogP contribution in [0.25, 0.3) is 0 Å². The lowest BCUT2D eigenvalue weighted by Gasteiger charge is -2.53. The van der Waals surface area contributed by atoms with Gasteiger partial charge in [0.25, 0.3) is 0 Å². The van der Waals surface area contributed by atoms with E-state index in [9.17, 15) is 4.79 Å². The molecule has 1 spiro atoms. The first-order valence-electron chi connectivity index (χ1n) is 11.4. The molecule has 1 aromatic rings. The Bertz CT molecular complexity index is 713. The third-order valence-electron chi connectivity index (χ3n) is 8.21. The van der Waals surface area contributed by atoms with Crippen LogP contribution < -0.4 is 10.2 Å². The SMILES string of the molecule is COC(=O)C1CNCC12CC(N1CCC([C@@H]3CCCN3c3ccccn3)CC1)C2. The molecule has 5 rings (SSSR count). The molecule has 0 bridgehead atoms. The Morgan fingerprint density at radius 3 is 2.76 bits per heavy atom. The molecule has 2 atom stereocenters. The maximum absolute atomic E-state index is 12.2. The van der Waals surface area contributed by atoms with Crippen molar-refractivity contribution >= 4 is 11.8 Å². The van der Waals surface area contributed by atoms with Crippen LogP contribution >= 0.6 is 0 Å². The summed E-state index contributed by atoms with van der Waals surface area (Å²) in [5, 5.41) is 3.44. The first-order valence-corrected chi connectivity index (χ1v) is 11.4. The third-order valence-corrected chi connectivity index (χ3v) is 8.21. The number of aromatic nitrogens is 1. The summed E-state index contributed by atoms with van der Waals surface area (Å²) in [6, 6.07) is 7.57. The number of rotatable bonds is 4. The Balaban J connectivity index is 1.15. The summed E-state index contributed by atoms with van der Waals surface area (Å²) in [6.07, 6.45) is 9.38. The van der Waals surface area contributed by atoms with Gasteiger partial charge in [0, 0.05) is 43.3 Å². The number of hydrogen-bond acceptors (Lipinski definition) is 6. The van der Waals surface area contributed by atoms with Gasteiger partial charge in [0.15, 0.2) is 0 Å². The molecule has 4 fully saturated rings. The van der Waals surface area contributed by atoms with E-state index in [4.69, 9.17) is 4.74 Å². The Kier molecular flexibility index (Phi) is 5.25. The number of piperidine rings is 1. The fourth-order valence-electron chi connectivity index (χ4n) is 6.61. The lowest BCUT2D eigenvalue weighted by Crippen LogP contribution is -2.57. The average Bonchev–Trinajstić information content (AvgIpc) is 3.40. The van der Waals surface area contributed by atoms with E-state index < -0.39 is 0 Å². The van der Waals surface area contributed by atoms with E-state index >= 15 is 0 Å². The molecule has 6 heteroatoms. The van der Waals surface area contributed by atoms with E-state index in [0.717, 1.165) is 44.2 Å². The van der Waals surface area contributed by atoms with Crippen LogP contribution in [0, 0.1) is 17.3 Å². The maximum atomic E-state index is 12.2. The van der Waals surface area contributed by atoms with Crippen LogP contribution in [-0.4, -0.2) is 67.8 Å². The molecule has 4 heterocycles. The Labute approximate surface area is 174 Å². The number of ether oxygens (including phenoxy) is 1. The molecule has 1 N–H and O–H groups in total. The maximum Gasteiger partial charge on any atom is 0.310 e. The fraction of sp³-hybridized carbons (Fsp3) is 0.739. The smallest absolute Gasteiger partial charge is 0.310 e. The van der Waals surface area contributed by atoms with Crippen molar-refractivity contribution in [1.29, 1.82) is 0 Å². The lowest BCUT2D eigenvalue weighted by molar-refractivity contribution is -0.153. The van der Waals surface area contributed by atoms with Gasteiger partial charge in [-0.05, 0) is 69.7 Å². The van der Waals surface area contributed by atoms with Crippen molar-refractivity contribution in [2.75, 3.05) is 44.7 Å². The first kappa shape index (κ1) is 19.3. The second kappa shape index (κ2) is 7.88. The van der Waals surface area contributed by atoms with Crippen LogP contribution in [0.15, 0.2) is 24.4 Å². The van der Waals surface area contributed by atoms with Gasteiger partial charge in [0.05, 0.1) is 13.0 Å². The zero-order valence-corrected chi connectivity index (χ0v) is 17.6. The van der Waals surface area contributed by atoms with Crippen LogP contribution in [0.2, 0.25) is 0 Å². The van der Waals surface area contributed by atoms with Gasteiger partial charge in [-0.3, -0.25) is 4.79 Å². The predicted molar refractivity (Wildman–Crippen MR) is 113 cm³/mol. The van der Waals surface area contributed by atoms with Crippen LogP contribution in [0.4, 0.5) is 5.82 Å². The quantitative estimate of drug-likeness (QED) is 0.786. The molecule has 0 radical (unpaired) electrons. The van der Waals surface area contributed by atoms with E-state index in [0.29, 0.717) is 12.1 Å². The van der Waals surface area contributed by atoms with Crippen LogP contribution in [-0.2, 0) is 9.53 Å². The van der Waals surface area contributed by atoms with Gasteiger partial charge in [-0.1, -0.05) is 6.07 Å². The second-order valence-electron chi connectivity index (χ2n) is 9.60. The minimum Gasteiger partial charge on any atom is -0.469 e. The first-order chi connectivity index (χ1) is 14.2. The average molecular weight is 399 g/mol. The Morgan fingerprint density at radius 1 is 1.21 bits per heavy atom. The number of esters is 1. The fourth-order valence-corrected chi connectivity index (χ4v) is 6.61. The zero-order valence-electron chi connectivity index (χ0n) is 17.6. The van der Waals surface area contributed by atoms with Gasteiger partial charge in [0.2, 0.25) is 0 Å². The highest BCUT2D eigenvalue weighted by molar-refractivity contribution is 5.74. The van der Waals surface area contributed by atoms with Crippen molar-refractivity contribution in [3.05, 3.63) is 24.4 Å². The van der Waals surface area contributed by atoms with Crippen LogP contribution in [0.5, 0.6) is 0 Å². The highest BCUT2D eigenvalue weighted by Crippen LogP contribution is 2.52. The van der Waals surface area contributed by atoms with Gasteiger partial charge < -0.3 is 19.9 Å². The molecule has 1 saturated carbocycles. The van der Waals surface area contributed by atoms with Crippen LogP contribution in [0.3, 0.4) is 0 Å². The molecule has 1 aromatic heterocycles. The molecule has 29 heavy (non-hydrogen) atoms. The molecule has 3 saturated heterocycles. The highest BCUT2D eigenvalue weighted by Gasteiger charge is 2.56. The summed E-state index contributed by atoms with van der Waals surface area (Å²) >= 11 is 0. The summed E-state index contributed by atoms with van der Waals surface area (Å²) in [5.74, 6) is 1.96. The highest BCUT2D eigenvalue weighted by atomic mass is 16.5. The number of hydrogen-bond donors (Lipinski definition) is 1. The molecule has 3 aliphatic heterocycles. The number of likely N-dealkylation sites (tertiary alicyclic amines) is 1. The molecule has 1 aliphatic carbocycles. The van der Waals surface area contributed by atoms with Gasteiger partial charge in [-0.2, -0.15) is 0 Å². The summed E-state index contributed by atoms with van der Waals surface area (Å²) in [5.41, 5.74) is 0.149. The summed E-state index contributed by atoms with van der Waals surface area (Å²) in [6.45, 7) is 5.31. The Morgan fingerprint density at radius 2 is 2.03 bits per heavy atom. The van der Waals surface area contributed by atoms with E-state index in [1.54, 1.807) is 0 Å². The third kappa shape index (κ3) is 3.44. The van der Waals surface area contributed by atoms with Crippen molar-refractivity contribution in [3.8, 4) is 0 Å². The largest absolute Gasteiger partial charge is 0.469 e.